The van der Waals surface area contributed by atoms with E-state index in [1.807, 2.05) is 6.92 Å². The van der Waals surface area contributed by atoms with E-state index in [0.29, 0.717) is 25.4 Å². The maximum atomic E-state index is 11.9. The highest BCUT2D eigenvalue weighted by Crippen LogP contribution is 2.31. The number of hydrogen-bond donors (Lipinski definition) is 2. The molecular formula is C16H28N4O. The Morgan fingerprint density at radius 2 is 2.00 bits per heavy atom. The van der Waals surface area contributed by atoms with Crippen molar-refractivity contribution < 1.29 is 4.79 Å². The quantitative estimate of drug-likeness (QED) is 0.807. The molecule has 0 aliphatic heterocycles. The minimum absolute atomic E-state index is 0.0589. The van der Waals surface area contributed by atoms with Crippen LogP contribution in [0.4, 0.5) is 0 Å². The predicted molar refractivity (Wildman–Crippen MR) is 84.5 cm³/mol. The Morgan fingerprint density at radius 3 is 2.52 bits per heavy atom. The Kier molecular flexibility index (Phi) is 6.75. The van der Waals surface area contributed by atoms with Crippen LogP contribution < -0.4 is 11.1 Å². The monoisotopic (exact) mass is 292 g/mol. The van der Waals surface area contributed by atoms with Gasteiger partial charge in [-0.25, -0.2) is 0 Å². The maximum Gasteiger partial charge on any atom is 0.220 e. The number of aromatic nitrogens is 2. The summed E-state index contributed by atoms with van der Waals surface area (Å²) in [6.45, 7) is 9.60. The zero-order chi connectivity index (χ0) is 15.9. The summed E-state index contributed by atoms with van der Waals surface area (Å²) >= 11 is 0. The first-order valence-electron chi connectivity index (χ1n) is 7.57. The lowest BCUT2D eigenvalue weighted by atomic mass is 9.76. The summed E-state index contributed by atoms with van der Waals surface area (Å²) in [6, 6.07) is 0. The zero-order valence-corrected chi connectivity index (χ0v) is 13.6. The van der Waals surface area contributed by atoms with Gasteiger partial charge in [-0.1, -0.05) is 20.8 Å². The minimum Gasteiger partial charge on any atom is -0.350 e. The summed E-state index contributed by atoms with van der Waals surface area (Å²) in [7, 11) is 0. The summed E-state index contributed by atoms with van der Waals surface area (Å²) in [5.41, 5.74) is 7.50. The lowest BCUT2D eigenvalue weighted by molar-refractivity contribution is -0.121. The van der Waals surface area contributed by atoms with E-state index < -0.39 is 0 Å². The first-order chi connectivity index (χ1) is 9.82. The Hall–Kier alpha value is -1.49. The number of nitrogens with one attached hydrogen (secondary N) is 1. The van der Waals surface area contributed by atoms with E-state index in [1.54, 1.807) is 12.4 Å². The molecule has 1 aromatic heterocycles. The molecule has 1 unspecified atom stereocenters. The van der Waals surface area contributed by atoms with E-state index in [4.69, 9.17) is 5.73 Å². The number of nitrogens with two attached hydrogens (primary N) is 1. The van der Waals surface area contributed by atoms with Gasteiger partial charge in [0.15, 0.2) is 0 Å². The first-order valence-corrected chi connectivity index (χ1v) is 7.57. The molecule has 1 atom stereocenters. The van der Waals surface area contributed by atoms with E-state index >= 15 is 0 Å². The van der Waals surface area contributed by atoms with Crippen LogP contribution in [0.2, 0.25) is 0 Å². The maximum absolute atomic E-state index is 11.9. The predicted octanol–water partition coefficient (Wildman–Crippen LogP) is 2.19. The van der Waals surface area contributed by atoms with E-state index in [1.165, 1.54) is 0 Å². The third-order valence-electron chi connectivity index (χ3n) is 3.76. The summed E-state index contributed by atoms with van der Waals surface area (Å²) in [4.78, 5) is 20.3. The van der Waals surface area contributed by atoms with Crippen molar-refractivity contribution in [3.05, 3.63) is 23.8 Å². The van der Waals surface area contributed by atoms with Gasteiger partial charge >= 0.3 is 0 Å². The molecule has 1 amide bonds. The van der Waals surface area contributed by atoms with Gasteiger partial charge in [0.25, 0.3) is 0 Å². The molecule has 5 heteroatoms. The van der Waals surface area contributed by atoms with Crippen LogP contribution in [-0.2, 0) is 11.3 Å². The number of rotatable bonds is 7. The van der Waals surface area contributed by atoms with Crippen LogP contribution in [0, 0.1) is 18.3 Å². The molecular weight excluding hydrogens is 264 g/mol. The highest BCUT2D eigenvalue weighted by Gasteiger charge is 2.24. The van der Waals surface area contributed by atoms with Crippen LogP contribution in [0.5, 0.6) is 0 Å². The van der Waals surface area contributed by atoms with E-state index in [-0.39, 0.29) is 11.3 Å². The van der Waals surface area contributed by atoms with Gasteiger partial charge < -0.3 is 11.1 Å². The van der Waals surface area contributed by atoms with Crippen LogP contribution in [0.3, 0.4) is 0 Å². The number of carbonyl (C=O) groups is 1. The van der Waals surface area contributed by atoms with Gasteiger partial charge in [0.1, 0.15) is 0 Å². The van der Waals surface area contributed by atoms with Crippen molar-refractivity contribution >= 4 is 5.91 Å². The fourth-order valence-corrected chi connectivity index (χ4v) is 2.31. The second-order valence-electron chi connectivity index (χ2n) is 6.60. The Labute approximate surface area is 127 Å². The SMILES string of the molecule is Cc1cnc(CNC(=O)CCC(CCN)C(C)(C)C)cn1. The molecule has 5 nitrogen and oxygen atoms in total. The van der Waals surface area contributed by atoms with Gasteiger partial charge in [-0.15, -0.1) is 0 Å². The van der Waals surface area contributed by atoms with E-state index in [9.17, 15) is 4.79 Å². The van der Waals surface area contributed by atoms with E-state index in [2.05, 4.69) is 36.1 Å². The van der Waals surface area contributed by atoms with E-state index in [0.717, 1.165) is 24.2 Å². The standard InChI is InChI=1S/C16H28N4O/c1-12-9-19-14(10-18-12)11-20-15(21)6-5-13(7-8-17)16(2,3)4/h9-10,13H,5-8,11,17H2,1-4H3,(H,20,21). The normalized spacial score (nSPS) is 13.0. The molecule has 0 aliphatic carbocycles. The van der Waals surface area contributed by atoms with Gasteiger partial charge in [0.05, 0.1) is 24.1 Å². The molecule has 0 saturated carbocycles. The van der Waals surface area contributed by atoms with Gasteiger partial charge in [-0.3, -0.25) is 14.8 Å². The molecule has 1 rings (SSSR count). The number of hydrogen-bond acceptors (Lipinski definition) is 4. The second kappa shape index (κ2) is 8.08. The third-order valence-corrected chi connectivity index (χ3v) is 3.76. The topological polar surface area (TPSA) is 80.9 Å². The van der Waals surface area contributed by atoms with Crippen molar-refractivity contribution in [2.24, 2.45) is 17.1 Å². The van der Waals surface area contributed by atoms with Gasteiger partial charge in [-0.2, -0.15) is 0 Å². The van der Waals surface area contributed by atoms with Gasteiger partial charge in [0, 0.05) is 12.6 Å². The Bertz CT molecular complexity index is 437. The van der Waals surface area contributed by atoms with Gasteiger partial charge in [-0.05, 0) is 37.6 Å². The summed E-state index contributed by atoms with van der Waals surface area (Å²) < 4.78 is 0. The highest BCUT2D eigenvalue weighted by atomic mass is 16.1. The molecule has 0 saturated heterocycles. The van der Waals surface area contributed by atoms with Crippen molar-refractivity contribution in [3.8, 4) is 0 Å². The molecule has 0 fully saturated rings. The average molecular weight is 292 g/mol. The second-order valence-corrected chi connectivity index (χ2v) is 6.60. The zero-order valence-electron chi connectivity index (χ0n) is 13.6. The van der Waals surface area contributed by atoms with Crippen molar-refractivity contribution in [2.75, 3.05) is 6.54 Å². The van der Waals surface area contributed by atoms with Crippen molar-refractivity contribution in [3.63, 3.8) is 0 Å². The van der Waals surface area contributed by atoms with Crippen LogP contribution in [0.15, 0.2) is 12.4 Å². The largest absolute Gasteiger partial charge is 0.350 e. The summed E-state index contributed by atoms with van der Waals surface area (Å²) in [6.07, 6.45) is 5.76. The van der Waals surface area contributed by atoms with Crippen molar-refractivity contribution in [1.82, 2.24) is 15.3 Å². The summed E-state index contributed by atoms with van der Waals surface area (Å²) in [5.74, 6) is 0.524. The van der Waals surface area contributed by atoms with Crippen LogP contribution in [-0.4, -0.2) is 22.4 Å². The smallest absolute Gasteiger partial charge is 0.220 e. The van der Waals surface area contributed by atoms with Crippen LogP contribution in [0.1, 0.15) is 51.4 Å². The minimum atomic E-state index is 0.0589. The molecule has 0 aromatic carbocycles. The molecule has 21 heavy (non-hydrogen) atoms. The number of aryl methyl sites for hydroxylation is 1. The fourth-order valence-electron chi connectivity index (χ4n) is 2.31. The molecule has 0 spiro atoms. The summed E-state index contributed by atoms with van der Waals surface area (Å²) in [5, 5.41) is 2.89. The van der Waals surface area contributed by atoms with Crippen LogP contribution in [0.25, 0.3) is 0 Å². The molecule has 0 aliphatic rings. The molecule has 3 N–H and O–H groups in total. The van der Waals surface area contributed by atoms with Crippen molar-refractivity contribution in [1.29, 1.82) is 0 Å². The number of amides is 1. The Morgan fingerprint density at radius 1 is 1.29 bits per heavy atom. The fraction of sp³-hybridized carbons (Fsp3) is 0.688. The average Bonchev–Trinajstić information content (AvgIpc) is 2.41. The number of nitrogens with zero attached hydrogens (tertiary/aromatic N) is 2. The molecule has 0 bridgehead atoms. The van der Waals surface area contributed by atoms with Crippen LogP contribution >= 0.6 is 0 Å². The molecule has 1 aromatic rings. The molecule has 1 heterocycles. The van der Waals surface area contributed by atoms with Crippen molar-refractivity contribution in [2.45, 2.75) is 53.5 Å². The molecule has 118 valence electrons. The Balaban J connectivity index is 2.37. The number of carbonyl (C=O) groups excluding carboxylic acids is 1. The molecule has 0 radical (unpaired) electrons. The lowest BCUT2D eigenvalue weighted by Crippen LogP contribution is -2.28. The third kappa shape index (κ3) is 6.67. The lowest BCUT2D eigenvalue weighted by Gasteiger charge is -2.30. The van der Waals surface area contributed by atoms with Gasteiger partial charge in [0.2, 0.25) is 5.91 Å². The first kappa shape index (κ1) is 17.6. The highest BCUT2D eigenvalue weighted by molar-refractivity contribution is 5.75.